The molecule has 82 valence electrons. The van der Waals surface area contributed by atoms with Gasteiger partial charge in [0.25, 0.3) is 0 Å². The van der Waals surface area contributed by atoms with Gasteiger partial charge in [0.2, 0.25) is 0 Å². The molecule has 0 bridgehead atoms. The third kappa shape index (κ3) is 2.98. The summed E-state index contributed by atoms with van der Waals surface area (Å²) in [7, 11) is 3.06. The molecule has 0 amide bonds. The van der Waals surface area contributed by atoms with Crippen LogP contribution in [0.3, 0.4) is 0 Å². The number of methoxy groups -OCH3 is 1. The SMILES string of the molecule is CON=C(Cl)c1cc(I)cc(C)c1OC. The molecule has 0 radical (unpaired) electrons. The average Bonchev–Trinajstić information content (AvgIpc) is 2.17. The minimum Gasteiger partial charge on any atom is -0.496 e. The van der Waals surface area contributed by atoms with E-state index in [1.807, 2.05) is 19.1 Å². The number of aryl methyl sites for hydroxylation is 1. The molecule has 3 nitrogen and oxygen atoms in total. The number of hydrogen-bond acceptors (Lipinski definition) is 3. The molecule has 0 heterocycles. The van der Waals surface area contributed by atoms with Crippen LogP contribution in [0.2, 0.25) is 0 Å². The van der Waals surface area contributed by atoms with Crippen molar-refractivity contribution in [2.75, 3.05) is 14.2 Å². The Labute approximate surface area is 108 Å². The first-order valence-electron chi connectivity index (χ1n) is 4.21. The fourth-order valence-electron chi connectivity index (χ4n) is 1.28. The lowest BCUT2D eigenvalue weighted by Gasteiger charge is -2.10. The second-order valence-corrected chi connectivity index (χ2v) is 4.47. The fraction of sp³-hybridized carbons (Fsp3) is 0.300. The standard InChI is InChI=1S/C10H11ClINO2/c1-6-4-7(12)5-8(9(6)14-2)10(11)13-15-3/h4-5H,1-3H3. The first-order valence-corrected chi connectivity index (χ1v) is 5.67. The summed E-state index contributed by atoms with van der Waals surface area (Å²) >= 11 is 8.19. The second kappa shape index (κ2) is 5.55. The number of rotatable bonds is 3. The van der Waals surface area contributed by atoms with Crippen LogP contribution < -0.4 is 4.74 Å². The monoisotopic (exact) mass is 339 g/mol. The molecule has 1 aromatic carbocycles. The Bertz CT molecular complexity index is 393. The minimum absolute atomic E-state index is 0.288. The van der Waals surface area contributed by atoms with Crippen LogP contribution in [0.1, 0.15) is 11.1 Å². The minimum atomic E-state index is 0.288. The summed E-state index contributed by atoms with van der Waals surface area (Å²) < 4.78 is 6.35. The molecule has 0 spiro atoms. The molecule has 1 rings (SSSR count). The van der Waals surface area contributed by atoms with Gasteiger partial charge < -0.3 is 9.57 Å². The number of halogens is 2. The molecule has 5 heteroatoms. The molecule has 0 N–H and O–H groups in total. The summed E-state index contributed by atoms with van der Waals surface area (Å²) in [5, 5.41) is 3.97. The zero-order valence-corrected chi connectivity index (χ0v) is 11.6. The molecule has 0 aliphatic heterocycles. The first kappa shape index (κ1) is 12.6. The first-order chi connectivity index (χ1) is 7.10. The van der Waals surface area contributed by atoms with E-state index < -0.39 is 0 Å². The van der Waals surface area contributed by atoms with Gasteiger partial charge in [-0.1, -0.05) is 16.8 Å². The van der Waals surface area contributed by atoms with Gasteiger partial charge in [0.05, 0.1) is 12.7 Å². The molecular weight excluding hydrogens is 328 g/mol. The Hall–Kier alpha value is -0.490. The van der Waals surface area contributed by atoms with Gasteiger partial charge in [-0.15, -0.1) is 0 Å². The van der Waals surface area contributed by atoms with E-state index in [0.29, 0.717) is 0 Å². The van der Waals surface area contributed by atoms with Gasteiger partial charge in [-0.3, -0.25) is 0 Å². The molecule has 15 heavy (non-hydrogen) atoms. The van der Waals surface area contributed by atoms with Gasteiger partial charge in [0, 0.05) is 3.57 Å². The van der Waals surface area contributed by atoms with Crippen molar-refractivity contribution in [3.05, 3.63) is 26.8 Å². The van der Waals surface area contributed by atoms with Crippen molar-refractivity contribution >= 4 is 39.4 Å². The van der Waals surface area contributed by atoms with E-state index >= 15 is 0 Å². The van der Waals surface area contributed by atoms with Crippen molar-refractivity contribution < 1.29 is 9.57 Å². The summed E-state index contributed by atoms with van der Waals surface area (Å²) in [4.78, 5) is 4.64. The van der Waals surface area contributed by atoms with Gasteiger partial charge >= 0.3 is 0 Å². The van der Waals surface area contributed by atoms with Crippen molar-refractivity contribution in [2.45, 2.75) is 6.92 Å². The van der Waals surface area contributed by atoms with E-state index in [-0.39, 0.29) is 5.17 Å². The molecule has 0 saturated carbocycles. The highest BCUT2D eigenvalue weighted by atomic mass is 127. The quantitative estimate of drug-likeness (QED) is 0.481. The molecule has 0 aliphatic rings. The maximum absolute atomic E-state index is 5.98. The van der Waals surface area contributed by atoms with Gasteiger partial charge in [-0.25, -0.2) is 0 Å². The lowest BCUT2D eigenvalue weighted by atomic mass is 10.1. The summed E-state index contributed by atoms with van der Waals surface area (Å²) in [6.07, 6.45) is 0. The maximum Gasteiger partial charge on any atom is 0.179 e. The largest absolute Gasteiger partial charge is 0.496 e. The molecule has 0 saturated heterocycles. The molecular formula is C10H11ClINO2. The van der Waals surface area contributed by atoms with Crippen molar-refractivity contribution in [1.82, 2.24) is 0 Å². The fourth-order valence-corrected chi connectivity index (χ4v) is 2.27. The van der Waals surface area contributed by atoms with Crippen molar-refractivity contribution in [3.8, 4) is 5.75 Å². The second-order valence-electron chi connectivity index (χ2n) is 2.87. The summed E-state index contributed by atoms with van der Waals surface area (Å²) in [6, 6.07) is 3.91. The number of ether oxygens (including phenoxy) is 1. The maximum atomic E-state index is 5.98. The van der Waals surface area contributed by atoms with Crippen molar-refractivity contribution in [1.29, 1.82) is 0 Å². The third-order valence-electron chi connectivity index (χ3n) is 1.84. The van der Waals surface area contributed by atoms with Crippen LogP contribution in [0.15, 0.2) is 17.3 Å². The summed E-state index contributed by atoms with van der Waals surface area (Å²) in [5.41, 5.74) is 1.76. The predicted octanol–water partition coefficient (Wildman–Crippen LogP) is 3.16. The molecule has 0 unspecified atom stereocenters. The Morgan fingerprint density at radius 1 is 1.40 bits per heavy atom. The van der Waals surface area contributed by atoms with Gasteiger partial charge in [-0.05, 0) is 47.2 Å². The molecule has 0 atom stereocenters. The van der Waals surface area contributed by atoms with Crippen LogP contribution in [0, 0.1) is 10.5 Å². The number of hydrogen-bond donors (Lipinski definition) is 0. The van der Waals surface area contributed by atoms with Gasteiger partial charge in [-0.2, -0.15) is 0 Å². The predicted molar refractivity (Wildman–Crippen MR) is 69.8 cm³/mol. The van der Waals surface area contributed by atoms with E-state index in [4.69, 9.17) is 16.3 Å². The van der Waals surface area contributed by atoms with E-state index in [9.17, 15) is 0 Å². The Kier molecular flexibility index (Phi) is 4.66. The van der Waals surface area contributed by atoms with E-state index in [2.05, 4.69) is 32.6 Å². The van der Waals surface area contributed by atoms with E-state index in [1.54, 1.807) is 7.11 Å². The number of nitrogens with zero attached hydrogens (tertiary/aromatic N) is 1. The van der Waals surface area contributed by atoms with Crippen LogP contribution in [-0.2, 0) is 4.84 Å². The van der Waals surface area contributed by atoms with Crippen LogP contribution >= 0.6 is 34.2 Å². The Morgan fingerprint density at radius 2 is 2.07 bits per heavy atom. The lowest BCUT2D eigenvalue weighted by molar-refractivity contribution is 0.214. The van der Waals surface area contributed by atoms with Crippen LogP contribution in [0.25, 0.3) is 0 Å². The lowest BCUT2D eigenvalue weighted by Crippen LogP contribution is -2.00. The van der Waals surface area contributed by atoms with Crippen LogP contribution in [0.4, 0.5) is 0 Å². The molecule has 1 aromatic rings. The summed E-state index contributed by atoms with van der Waals surface area (Å²) in [6.45, 7) is 1.96. The van der Waals surface area contributed by atoms with Crippen LogP contribution in [0.5, 0.6) is 5.75 Å². The normalized spacial score (nSPS) is 11.4. The smallest absolute Gasteiger partial charge is 0.179 e. The van der Waals surface area contributed by atoms with Gasteiger partial charge in [0.15, 0.2) is 5.17 Å². The zero-order chi connectivity index (χ0) is 11.4. The molecule has 0 aliphatic carbocycles. The Balaban J connectivity index is 3.32. The highest BCUT2D eigenvalue weighted by Crippen LogP contribution is 2.27. The highest BCUT2D eigenvalue weighted by Gasteiger charge is 2.12. The average molecular weight is 340 g/mol. The number of oxime groups is 1. The molecule has 0 aromatic heterocycles. The molecule has 0 fully saturated rings. The van der Waals surface area contributed by atoms with E-state index in [0.717, 1.165) is 20.4 Å². The van der Waals surface area contributed by atoms with Crippen molar-refractivity contribution in [2.24, 2.45) is 5.16 Å². The van der Waals surface area contributed by atoms with Gasteiger partial charge in [0.1, 0.15) is 12.9 Å². The summed E-state index contributed by atoms with van der Waals surface area (Å²) in [5.74, 6) is 0.723. The highest BCUT2D eigenvalue weighted by molar-refractivity contribution is 14.1. The van der Waals surface area contributed by atoms with E-state index in [1.165, 1.54) is 7.11 Å². The Morgan fingerprint density at radius 3 is 2.60 bits per heavy atom. The third-order valence-corrected chi connectivity index (χ3v) is 2.73. The zero-order valence-electron chi connectivity index (χ0n) is 8.67. The van der Waals surface area contributed by atoms with Crippen LogP contribution in [-0.4, -0.2) is 19.4 Å². The number of benzene rings is 1. The topological polar surface area (TPSA) is 30.8 Å². The van der Waals surface area contributed by atoms with Crippen molar-refractivity contribution in [3.63, 3.8) is 0 Å².